The van der Waals surface area contributed by atoms with Crippen LogP contribution in [0.15, 0.2) is 0 Å². The van der Waals surface area contributed by atoms with Gasteiger partial charge in [-0.15, -0.1) is 0 Å². The van der Waals surface area contributed by atoms with Gasteiger partial charge < -0.3 is 26.0 Å². The number of ether oxygens (including phenoxy) is 1. The molecule has 3 aliphatic rings. The summed E-state index contributed by atoms with van der Waals surface area (Å²) in [7, 11) is 0. The minimum absolute atomic E-state index is 0.00840. The smallest absolute Gasteiger partial charge is 0.300 e. The minimum Gasteiger partial charge on any atom is -0.481 e. The zero-order valence-corrected chi connectivity index (χ0v) is 22.4. The molecule has 0 saturated carbocycles. The van der Waals surface area contributed by atoms with Gasteiger partial charge in [0, 0.05) is 76.6 Å². The van der Waals surface area contributed by atoms with Crippen molar-refractivity contribution in [1.82, 2.24) is 20.2 Å². The molecular weight excluding hydrogens is 478 g/mol. The normalized spacial score (nSPS) is 21.8. The average Bonchev–Trinajstić information content (AvgIpc) is 3.21. The van der Waals surface area contributed by atoms with E-state index in [1.165, 1.54) is 17.7 Å². The highest BCUT2D eigenvalue weighted by atomic mass is 16.5. The number of nitrogens with one attached hydrogen (secondary N) is 1. The number of nitrogens with zero attached hydrogens (tertiary/aromatic N) is 3. The van der Waals surface area contributed by atoms with Gasteiger partial charge in [-0.3, -0.25) is 19.3 Å². The van der Waals surface area contributed by atoms with Crippen LogP contribution in [0.3, 0.4) is 0 Å². The molecular formula is C26H43N5O6. The number of rotatable bonds is 5. The standard InChI is InChI=1S/C22H35N5O2.2C2H4O2/c1-15-19-3-2-4-20(19)26-21(25-15)7-10-24-22(28)16-5-6-17(23)14-27(13-16)18-8-11-29-12-9-18;2*1-2(3)4/h16-18H,2-14,23H2,1H3,(H,24,28);2*1H3,(H,3,4)/t16-,17+;;/m1../s1. The first kappa shape index (κ1) is 30.6. The van der Waals surface area contributed by atoms with Gasteiger partial charge in [0.25, 0.3) is 11.9 Å². The van der Waals surface area contributed by atoms with E-state index in [1.807, 2.05) is 0 Å². The minimum atomic E-state index is -0.833. The molecule has 2 saturated heterocycles. The molecule has 1 aromatic heterocycles. The number of hydrogen-bond acceptors (Lipinski definition) is 8. The summed E-state index contributed by atoms with van der Waals surface area (Å²) in [5.74, 6) is -0.654. The van der Waals surface area contributed by atoms with Gasteiger partial charge in [-0.25, -0.2) is 9.97 Å². The number of likely N-dealkylation sites (tertiary alicyclic amines) is 1. The number of fused-ring (bicyclic) bond motifs is 1. The summed E-state index contributed by atoms with van der Waals surface area (Å²) in [6.07, 6.45) is 7.88. The Morgan fingerprint density at radius 3 is 2.32 bits per heavy atom. The maximum absolute atomic E-state index is 12.9. The van der Waals surface area contributed by atoms with Crippen LogP contribution in [-0.2, 0) is 38.4 Å². The van der Waals surface area contributed by atoms with Gasteiger partial charge in [0.05, 0.1) is 5.92 Å². The SMILES string of the molecule is CC(=O)O.CC(=O)O.Cc1nc(CCNC(=O)[C@@H]2CC[C@H](N)CN(C3CCOCC3)C2)nc2c1CCC2. The fourth-order valence-corrected chi connectivity index (χ4v) is 5.06. The number of carboxylic acids is 2. The van der Waals surface area contributed by atoms with Crippen LogP contribution in [0.25, 0.3) is 0 Å². The van der Waals surface area contributed by atoms with E-state index in [1.54, 1.807) is 0 Å². The summed E-state index contributed by atoms with van der Waals surface area (Å²) in [6, 6.07) is 0.643. The molecule has 0 spiro atoms. The highest BCUT2D eigenvalue weighted by Gasteiger charge is 2.31. The molecule has 4 rings (SSSR count). The zero-order chi connectivity index (χ0) is 27.4. The van der Waals surface area contributed by atoms with Gasteiger partial charge in [-0.2, -0.15) is 0 Å². The molecule has 2 atom stereocenters. The molecule has 2 fully saturated rings. The molecule has 5 N–H and O–H groups in total. The summed E-state index contributed by atoms with van der Waals surface area (Å²) in [4.78, 5) is 42.7. The molecule has 2 aliphatic heterocycles. The maximum atomic E-state index is 12.9. The van der Waals surface area contributed by atoms with Crippen LogP contribution in [0.4, 0.5) is 0 Å². The van der Waals surface area contributed by atoms with Gasteiger partial charge in [0.15, 0.2) is 0 Å². The zero-order valence-electron chi connectivity index (χ0n) is 22.4. The van der Waals surface area contributed by atoms with E-state index in [0.29, 0.717) is 19.0 Å². The van der Waals surface area contributed by atoms with Crippen LogP contribution in [0, 0.1) is 12.8 Å². The van der Waals surface area contributed by atoms with Crippen molar-refractivity contribution in [2.75, 3.05) is 32.8 Å². The Hall–Kier alpha value is -2.63. The second-order valence-corrected chi connectivity index (χ2v) is 9.91. The molecule has 208 valence electrons. The van der Waals surface area contributed by atoms with Crippen LogP contribution in [0.1, 0.15) is 68.7 Å². The van der Waals surface area contributed by atoms with E-state index in [9.17, 15) is 4.79 Å². The third-order valence-electron chi connectivity index (χ3n) is 6.72. The lowest BCUT2D eigenvalue weighted by Crippen LogP contribution is -2.47. The molecule has 37 heavy (non-hydrogen) atoms. The molecule has 0 unspecified atom stereocenters. The van der Waals surface area contributed by atoms with Gasteiger partial charge in [-0.1, -0.05) is 0 Å². The van der Waals surface area contributed by atoms with E-state index in [0.717, 1.165) is 90.2 Å². The molecule has 11 heteroatoms. The Labute approximate surface area is 219 Å². The van der Waals surface area contributed by atoms with Crippen LogP contribution < -0.4 is 11.1 Å². The number of nitrogens with two attached hydrogens (primary N) is 1. The summed E-state index contributed by atoms with van der Waals surface area (Å²) in [5, 5.41) is 18.0. The number of carboxylic acid groups (broad SMARTS) is 2. The Balaban J connectivity index is 0.000000530. The molecule has 0 aromatic carbocycles. The second-order valence-electron chi connectivity index (χ2n) is 9.91. The second kappa shape index (κ2) is 15.6. The highest BCUT2D eigenvalue weighted by molar-refractivity contribution is 5.78. The van der Waals surface area contributed by atoms with E-state index < -0.39 is 11.9 Å². The van der Waals surface area contributed by atoms with Gasteiger partial charge >= 0.3 is 0 Å². The predicted molar refractivity (Wildman–Crippen MR) is 138 cm³/mol. The van der Waals surface area contributed by atoms with Crippen molar-refractivity contribution >= 4 is 17.8 Å². The first-order chi connectivity index (χ1) is 17.6. The third-order valence-corrected chi connectivity index (χ3v) is 6.72. The Kier molecular flexibility index (Phi) is 12.9. The van der Waals surface area contributed by atoms with Crippen molar-refractivity contribution in [1.29, 1.82) is 0 Å². The van der Waals surface area contributed by atoms with Crippen LogP contribution >= 0.6 is 0 Å². The lowest BCUT2D eigenvalue weighted by molar-refractivity contribution is -0.135. The van der Waals surface area contributed by atoms with Crippen molar-refractivity contribution < 1.29 is 29.3 Å². The lowest BCUT2D eigenvalue weighted by atomic mass is 10.0. The largest absolute Gasteiger partial charge is 0.481 e. The van der Waals surface area contributed by atoms with Crippen molar-refractivity contribution in [2.24, 2.45) is 11.7 Å². The number of amides is 1. The lowest BCUT2D eigenvalue weighted by Gasteiger charge is -2.35. The fraction of sp³-hybridized carbons (Fsp3) is 0.731. The first-order valence-electron chi connectivity index (χ1n) is 13.2. The van der Waals surface area contributed by atoms with Crippen LogP contribution in [0.2, 0.25) is 0 Å². The summed E-state index contributed by atoms with van der Waals surface area (Å²) in [5.41, 5.74) is 9.96. The Bertz CT molecular complexity index is 886. The number of aryl methyl sites for hydroxylation is 2. The number of carbonyl (C=O) groups is 3. The number of aliphatic carboxylic acids is 2. The van der Waals surface area contributed by atoms with Gasteiger partial charge in [0.2, 0.25) is 5.91 Å². The van der Waals surface area contributed by atoms with E-state index in [2.05, 4.69) is 22.1 Å². The molecule has 1 aliphatic carbocycles. The maximum Gasteiger partial charge on any atom is 0.300 e. The summed E-state index contributed by atoms with van der Waals surface area (Å²) < 4.78 is 5.51. The molecule has 0 bridgehead atoms. The van der Waals surface area contributed by atoms with Crippen molar-refractivity contribution in [3.05, 3.63) is 22.8 Å². The molecule has 1 amide bonds. The van der Waals surface area contributed by atoms with Crippen LogP contribution in [0.5, 0.6) is 0 Å². The average molecular weight is 522 g/mol. The fourth-order valence-electron chi connectivity index (χ4n) is 5.06. The monoisotopic (exact) mass is 521 g/mol. The predicted octanol–water partition coefficient (Wildman–Crippen LogP) is 1.33. The molecule has 0 radical (unpaired) electrons. The van der Waals surface area contributed by atoms with E-state index >= 15 is 0 Å². The molecule has 3 heterocycles. The van der Waals surface area contributed by atoms with E-state index in [4.69, 9.17) is 35.3 Å². The van der Waals surface area contributed by atoms with Crippen molar-refractivity contribution in [2.45, 2.75) is 84.2 Å². The summed E-state index contributed by atoms with van der Waals surface area (Å²) in [6.45, 7) is 8.15. The number of hydrogen-bond donors (Lipinski definition) is 4. The van der Waals surface area contributed by atoms with Crippen molar-refractivity contribution in [3.8, 4) is 0 Å². The van der Waals surface area contributed by atoms with Crippen molar-refractivity contribution in [3.63, 3.8) is 0 Å². The van der Waals surface area contributed by atoms with Gasteiger partial charge in [0.1, 0.15) is 5.82 Å². The Morgan fingerprint density at radius 2 is 1.68 bits per heavy atom. The first-order valence-corrected chi connectivity index (χ1v) is 13.2. The van der Waals surface area contributed by atoms with Crippen LogP contribution in [-0.4, -0.2) is 87.9 Å². The highest BCUT2D eigenvalue weighted by Crippen LogP contribution is 2.23. The topological polar surface area (TPSA) is 168 Å². The number of aromatic nitrogens is 2. The summed E-state index contributed by atoms with van der Waals surface area (Å²) >= 11 is 0. The van der Waals surface area contributed by atoms with E-state index in [-0.39, 0.29) is 17.9 Å². The molecule has 1 aromatic rings. The Morgan fingerprint density at radius 1 is 1.03 bits per heavy atom. The quantitative estimate of drug-likeness (QED) is 0.443. The third kappa shape index (κ3) is 11.1. The number of carbonyl (C=O) groups excluding carboxylic acids is 1. The molecule has 11 nitrogen and oxygen atoms in total. The van der Waals surface area contributed by atoms with Gasteiger partial charge in [-0.05, 0) is 57.4 Å².